The first-order valence-corrected chi connectivity index (χ1v) is 53.1. The van der Waals surface area contributed by atoms with E-state index in [-0.39, 0.29) is 21.7 Å². The predicted octanol–water partition coefficient (Wildman–Crippen LogP) is 27.7. The zero-order chi connectivity index (χ0) is 101. The topological polar surface area (TPSA) is 161 Å². The van der Waals surface area contributed by atoms with Crippen molar-refractivity contribution < 1.29 is 80.2 Å². The van der Waals surface area contributed by atoms with Gasteiger partial charge in [0.05, 0.1) is 143 Å². The van der Waals surface area contributed by atoms with Gasteiger partial charge in [0.15, 0.2) is 0 Å². The van der Waals surface area contributed by atoms with Gasteiger partial charge in [0.2, 0.25) is 0 Å². The smallest absolute Gasteiger partial charge is 0.135 e. The molecule has 0 saturated heterocycles. The standard InChI is InChI=1S/2C28H40O2.2C26H36O6.C19H14O/c1-23-16-17-27-25(22-23)24-14-8-9-15-26(24)28(27,18-10-4-6-12-20-29-2)19-11-5-7-13-21-30-3;1-23-16-17-25-24-14-8-9-15-26(24)28(27(25)22-23,18-10-4-6-12-20-29-2)19-11-5-7-13-21-30-3;1-21-8-9-25-23(18-21)22-6-4-5-7-24(22)26(25,19-31-16-14-29-12-10-27-2)20-32-17-15-30-13-11-28-3;1-21-8-9-23-22-6-4-5-7-24(22)26(25(23)18-21,19-31-16-14-29-12-10-27-2)20-32-17-15-30-13-11-28-3;1-13-7-9-18-16(11-13)17-12-15(8-10-19(17)20-18)14-5-3-2-4-6-14/h2*8-9,14-17,22H,4-7,10-13,18-21H2,1-3H3;2*4-9,18H,10-17,19-20H2,1-3H3;2-12H,1H3. The van der Waals surface area contributed by atoms with Gasteiger partial charge in [-0.05, 0) is 210 Å². The Morgan fingerprint density at radius 1 is 0.181 bits per heavy atom. The van der Waals surface area contributed by atoms with Crippen molar-refractivity contribution in [2.24, 2.45) is 0 Å². The Bertz CT molecular complexity index is 5650. The highest BCUT2D eigenvalue weighted by molar-refractivity contribution is 6.06. The molecule has 11 aromatic carbocycles. The van der Waals surface area contributed by atoms with Gasteiger partial charge < -0.3 is 80.2 Å². The average molecular weight is 1960 g/mol. The lowest BCUT2D eigenvalue weighted by Crippen LogP contribution is -2.37. The summed E-state index contributed by atoms with van der Waals surface area (Å²) in [7, 11) is 13.9. The van der Waals surface area contributed by atoms with Crippen molar-refractivity contribution in [1.82, 2.24) is 0 Å². The Balaban J connectivity index is 0.000000161. The van der Waals surface area contributed by atoms with Crippen molar-refractivity contribution in [2.75, 3.05) is 215 Å². The minimum atomic E-state index is -0.364. The van der Waals surface area contributed by atoms with Crippen LogP contribution in [0.5, 0.6) is 0 Å². The molecule has 4 aliphatic rings. The van der Waals surface area contributed by atoms with Crippen molar-refractivity contribution >= 4 is 21.9 Å². The molecular weight excluding hydrogens is 1800 g/mol. The number of rotatable bonds is 61. The minimum absolute atomic E-state index is 0.181. The Morgan fingerprint density at radius 3 is 0.819 bits per heavy atom. The molecule has 0 amide bonds. The summed E-state index contributed by atoms with van der Waals surface area (Å²) in [5, 5.41) is 2.38. The monoisotopic (exact) mass is 1960 g/mol. The molecule has 17 nitrogen and oxygen atoms in total. The van der Waals surface area contributed by atoms with E-state index in [0.717, 1.165) is 37.6 Å². The van der Waals surface area contributed by atoms with Crippen LogP contribution in [0.2, 0.25) is 0 Å². The first-order valence-electron chi connectivity index (χ1n) is 53.1. The molecule has 0 atom stereocenters. The summed E-state index contributed by atoms with van der Waals surface area (Å²) in [6.45, 7) is 25.4. The van der Waals surface area contributed by atoms with Crippen LogP contribution in [-0.2, 0) is 97.4 Å². The van der Waals surface area contributed by atoms with Gasteiger partial charge in [0.1, 0.15) is 11.2 Å². The molecule has 0 aliphatic heterocycles. The second-order valence-corrected chi connectivity index (χ2v) is 39.1. The molecule has 0 N–H and O–H groups in total. The molecule has 1 aromatic heterocycles. The quantitative estimate of drug-likeness (QED) is 0.0331. The number of fused-ring (bicyclic) bond motifs is 15. The lowest BCUT2D eigenvalue weighted by molar-refractivity contribution is -0.0145. The summed E-state index contributed by atoms with van der Waals surface area (Å²) in [5.74, 6) is 0. The maximum absolute atomic E-state index is 6.17. The number of methoxy groups -OCH3 is 8. The molecule has 0 unspecified atom stereocenters. The Labute approximate surface area is 861 Å². The van der Waals surface area contributed by atoms with Gasteiger partial charge in [-0.2, -0.15) is 0 Å². The van der Waals surface area contributed by atoms with Gasteiger partial charge in [-0.3, -0.25) is 0 Å². The van der Waals surface area contributed by atoms with Crippen LogP contribution < -0.4 is 0 Å². The second kappa shape index (κ2) is 61.4. The zero-order valence-electron chi connectivity index (χ0n) is 89.1. The lowest BCUT2D eigenvalue weighted by Gasteiger charge is -2.33. The first-order chi connectivity index (χ1) is 70.7. The van der Waals surface area contributed by atoms with Gasteiger partial charge >= 0.3 is 0 Å². The third kappa shape index (κ3) is 30.9. The van der Waals surface area contributed by atoms with Crippen molar-refractivity contribution in [1.29, 1.82) is 0 Å². The van der Waals surface area contributed by atoms with Gasteiger partial charge in [-0.15, -0.1) is 0 Å². The minimum Gasteiger partial charge on any atom is -0.456 e. The average Bonchev–Trinajstić information content (AvgIpc) is 1.56. The largest absolute Gasteiger partial charge is 0.456 e. The Kier molecular flexibility index (Phi) is 48.3. The number of furan rings is 1. The van der Waals surface area contributed by atoms with Crippen LogP contribution >= 0.6 is 0 Å². The van der Waals surface area contributed by atoms with Crippen LogP contribution in [0.3, 0.4) is 0 Å². The third-order valence-corrected chi connectivity index (χ3v) is 28.8. The van der Waals surface area contributed by atoms with Crippen LogP contribution in [0.15, 0.2) is 241 Å². The number of hydrogen-bond acceptors (Lipinski definition) is 17. The highest BCUT2D eigenvalue weighted by Gasteiger charge is 2.47. The van der Waals surface area contributed by atoms with E-state index in [4.69, 9.17) is 80.2 Å². The molecule has 0 radical (unpaired) electrons. The summed E-state index contributed by atoms with van der Waals surface area (Å²) in [6.07, 6.45) is 25.1. The molecule has 0 fully saturated rings. The van der Waals surface area contributed by atoms with Gasteiger partial charge in [-0.25, -0.2) is 0 Å². The van der Waals surface area contributed by atoms with E-state index in [1.165, 1.54) is 245 Å². The fourth-order valence-corrected chi connectivity index (χ4v) is 21.6. The fourth-order valence-electron chi connectivity index (χ4n) is 21.6. The molecule has 0 bridgehead atoms. The van der Waals surface area contributed by atoms with Gasteiger partial charge in [0.25, 0.3) is 0 Å². The van der Waals surface area contributed by atoms with Crippen molar-refractivity contribution in [2.45, 2.75) is 185 Å². The van der Waals surface area contributed by atoms with E-state index in [2.05, 4.69) is 259 Å². The first kappa shape index (κ1) is 113. The van der Waals surface area contributed by atoms with E-state index < -0.39 is 0 Å². The van der Waals surface area contributed by atoms with Crippen molar-refractivity contribution in [3.63, 3.8) is 0 Å². The fraction of sp³-hybridized carbons (Fsp3) is 0.480. The van der Waals surface area contributed by atoms with E-state index in [1.54, 1.807) is 79.1 Å². The molecule has 16 rings (SSSR count). The number of benzene rings is 11. The van der Waals surface area contributed by atoms with Crippen molar-refractivity contribution in [3.05, 3.63) is 309 Å². The number of ether oxygens (including phenoxy) is 16. The molecule has 1 heterocycles. The molecule has 4 aliphatic carbocycles. The normalized spacial score (nSPS) is 13.5. The summed E-state index contributed by atoms with van der Waals surface area (Å²) < 4.78 is 93.8. The Hall–Kier alpha value is -9.42. The van der Waals surface area contributed by atoms with Crippen LogP contribution in [0, 0.1) is 34.6 Å². The predicted molar refractivity (Wildman–Crippen MR) is 587 cm³/mol. The molecular formula is C127H166O17. The highest BCUT2D eigenvalue weighted by atomic mass is 16.6. The van der Waals surface area contributed by atoms with E-state index in [0.29, 0.717) is 132 Å². The Morgan fingerprint density at radius 2 is 0.438 bits per heavy atom. The molecule has 144 heavy (non-hydrogen) atoms. The second-order valence-electron chi connectivity index (χ2n) is 39.1. The van der Waals surface area contributed by atoms with Gasteiger partial charge in [-0.1, -0.05) is 317 Å². The van der Waals surface area contributed by atoms with Crippen LogP contribution in [0.1, 0.15) is 201 Å². The van der Waals surface area contributed by atoms with Crippen LogP contribution in [0.25, 0.3) is 77.6 Å². The lowest BCUT2D eigenvalue weighted by atomic mass is 9.70. The van der Waals surface area contributed by atoms with E-state index in [1.807, 2.05) is 12.1 Å². The summed E-state index contributed by atoms with van der Waals surface area (Å²) >= 11 is 0. The van der Waals surface area contributed by atoms with E-state index in [9.17, 15) is 0 Å². The third-order valence-electron chi connectivity index (χ3n) is 28.8. The summed E-state index contributed by atoms with van der Waals surface area (Å²) in [4.78, 5) is 0. The van der Waals surface area contributed by atoms with Gasteiger partial charge in [0, 0.05) is 105 Å². The molecule has 0 saturated carbocycles. The van der Waals surface area contributed by atoms with Crippen molar-refractivity contribution in [3.8, 4) is 55.6 Å². The molecule has 776 valence electrons. The molecule has 0 spiro atoms. The summed E-state index contributed by atoms with van der Waals surface area (Å²) in [5.41, 5.74) is 32.7. The van der Waals surface area contributed by atoms with Crippen LogP contribution in [-0.4, -0.2) is 215 Å². The number of hydrogen-bond donors (Lipinski definition) is 0. The zero-order valence-corrected chi connectivity index (χ0v) is 89.1. The number of unbranched alkanes of at least 4 members (excludes halogenated alkanes) is 12. The van der Waals surface area contributed by atoms with Crippen LogP contribution in [0.4, 0.5) is 0 Å². The molecule has 17 heteroatoms. The maximum atomic E-state index is 6.17. The SMILES string of the molecule is COCCCCCCC1(CCCCCCOC)c2ccccc2-c2cc(C)ccc21.COCCCCCCC1(CCCCCCOC)c2ccccc2-c2ccc(C)cc21.COCCOCCOCC1(COCCOCCOC)c2ccccc2-c2cc(C)ccc21.COCCOCCOCC1(COCCOCCOC)c2ccccc2-c2ccc(C)cc21.Cc1ccc2oc3ccc(-c4ccccc4)cc3c2c1. The van der Waals surface area contributed by atoms with E-state index >= 15 is 0 Å². The summed E-state index contributed by atoms with van der Waals surface area (Å²) in [6, 6.07) is 86.3. The molecule has 12 aromatic rings. The maximum Gasteiger partial charge on any atom is 0.135 e. The highest BCUT2D eigenvalue weighted by Crippen LogP contribution is 2.58. The number of aryl methyl sites for hydroxylation is 5.